The molecule has 3 aliphatic rings. The van der Waals surface area contributed by atoms with E-state index in [-0.39, 0.29) is 12.2 Å². The number of carboxylic acids is 1. The number of ether oxygens (including phenoxy) is 2. The lowest BCUT2D eigenvalue weighted by atomic mass is 9.76. The van der Waals surface area contributed by atoms with E-state index in [4.69, 9.17) is 9.47 Å². The number of imide groups is 1. The third-order valence-electron chi connectivity index (χ3n) is 7.74. The molecule has 2 amide bonds. The van der Waals surface area contributed by atoms with Crippen molar-refractivity contribution in [1.29, 1.82) is 0 Å². The van der Waals surface area contributed by atoms with Gasteiger partial charge in [0, 0.05) is 12.5 Å². The maximum Gasteiger partial charge on any atom is 0.325 e. The van der Waals surface area contributed by atoms with Crippen molar-refractivity contribution < 1.29 is 34.1 Å². The molecule has 3 N–H and O–H groups in total. The van der Waals surface area contributed by atoms with Gasteiger partial charge in [0.05, 0.1) is 17.5 Å². The van der Waals surface area contributed by atoms with Crippen LogP contribution in [-0.2, 0) is 20.8 Å². The van der Waals surface area contributed by atoms with E-state index < -0.39 is 41.2 Å². The number of anilines is 1. The number of aryl methyl sites for hydroxylation is 1. The minimum atomic E-state index is -1.77. The van der Waals surface area contributed by atoms with Gasteiger partial charge in [-0.1, -0.05) is 36.4 Å². The Balaban J connectivity index is 1.49. The summed E-state index contributed by atoms with van der Waals surface area (Å²) < 4.78 is 11.4. The van der Waals surface area contributed by atoms with Crippen LogP contribution in [0.3, 0.4) is 0 Å². The van der Waals surface area contributed by atoms with Crippen LogP contribution in [0.4, 0.5) is 5.69 Å². The van der Waals surface area contributed by atoms with Gasteiger partial charge in [-0.15, -0.1) is 0 Å². The molecular formula is C29H26N2O7. The second-order valence-corrected chi connectivity index (χ2v) is 9.95. The number of phenols is 1. The van der Waals surface area contributed by atoms with Gasteiger partial charge in [0.15, 0.2) is 11.5 Å². The fraction of sp³-hybridized carbons (Fsp3) is 0.276. The van der Waals surface area contributed by atoms with Crippen molar-refractivity contribution in [2.75, 3.05) is 18.1 Å². The SMILES string of the molecule is Cc1ccccc1N1C(=O)C2C(c3ccc4c(c3)OCCO4)NC(Cc3ccc(O)cc3)(C(=O)O)C2C1=O. The summed E-state index contributed by atoms with van der Waals surface area (Å²) in [7, 11) is 0. The molecule has 3 aromatic carbocycles. The third-order valence-corrected chi connectivity index (χ3v) is 7.74. The van der Waals surface area contributed by atoms with E-state index in [9.17, 15) is 24.6 Å². The highest BCUT2D eigenvalue weighted by Gasteiger charge is 2.68. The number of amides is 2. The van der Waals surface area contributed by atoms with E-state index >= 15 is 0 Å². The smallest absolute Gasteiger partial charge is 0.325 e. The zero-order chi connectivity index (χ0) is 26.6. The molecule has 2 saturated heterocycles. The number of carbonyl (C=O) groups excluding carboxylic acids is 2. The molecule has 3 aliphatic heterocycles. The lowest BCUT2D eigenvalue weighted by Gasteiger charge is -2.31. The summed E-state index contributed by atoms with van der Waals surface area (Å²) in [5.74, 6) is -3.24. The highest BCUT2D eigenvalue weighted by molar-refractivity contribution is 6.24. The number of hydrogen-bond donors (Lipinski definition) is 3. The first-order chi connectivity index (χ1) is 18.3. The van der Waals surface area contributed by atoms with Crippen LogP contribution in [0.15, 0.2) is 66.7 Å². The number of fused-ring (bicyclic) bond motifs is 2. The van der Waals surface area contributed by atoms with Crippen LogP contribution >= 0.6 is 0 Å². The Morgan fingerprint density at radius 1 is 1.00 bits per heavy atom. The second-order valence-electron chi connectivity index (χ2n) is 9.95. The Labute approximate surface area is 218 Å². The minimum Gasteiger partial charge on any atom is -0.508 e. The van der Waals surface area contributed by atoms with E-state index in [2.05, 4.69) is 5.32 Å². The fourth-order valence-corrected chi connectivity index (χ4v) is 5.97. The number of carbonyl (C=O) groups is 3. The second kappa shape index (κ2) is 8.88. The van der Waals surface area contributed by atoms with Crippen LogP contribution in [0.2, 0.25) is 0 Å². The average molecular weight is 515 g/mol. The topological polar surface area (TPSA) is 125 Å². The molecule has 0 spiro atoms. The van der Waals surface area contributed by atoms with Gasteiger partial charge < -0.3 is 19.7 Å². The van der Waals surface area contributed by atoms with E-state index in [1.165, 1.54) is 12.1 Å². The van der Waals surface area contributed by atoms with E-state index in [1.54, 1.807) is 55.5 Å². The number of aliphatic carboxylic acids is 1. The molecule has 3 aromatic rings. The Morgan fingerprint density at radius 2 is 1.71 bits per heavy atom. The van der Waals surface area contributed by atoms with Crippen LogP contribution in [0.1, 0.15) is 22.7 Å². The molecular weight excluding hydrogens is 488 g/mol. The van der Waals surface area contributed by atoms with Gasteiger partial charge >= 0.3 is 5.97 Å². The first-order valence-electron chi connectivity index (χ1n) is 12.4. The maximum atomic E-state index is 14.0. The monoisotopic (exact) mass is 514 g/mol. The zero-order valence-corrected chi connectivity index (χ0v) is 20.6. The van der Waals surface area contributed by atoms with Crippen LogP contribution in [-0.4, -0.2) is 46.7 Å². The van der Waals surface area contributed by atoms with Crippen molar-refractivity contribution in [3.8, 4) is 17.2 Å². The molecule has 0 radical (unpaired) electrons. The molecule has 9 heteroatoms. The predicted octanol–water partition coefficient (Wildman–Crippen LogP) is 2.99. The number of aromatic hydroxyl groups is 1. The summed E-state index contributed by atoms with van der Waals surface area (Å²) in [4.78, 5) is 42.3. The van der Waals surface area contributed by atoms with Crippen LogP contribution in [0.25, 0.3) is 0 Å². The zero-order valence-electron chi connectivity index (χ0n) is 20.6. The Bertz CT molecular complexity index is 1450. The number of para-hydroxylation sites is 1. The lowest BCUT2D eigenvalue weighted by Crippen LogP contribution is -2.57. The molecule has 3 heterocycles. The number of rotatable bonds is 5. The summed E-state index contributed by atoms with van der Waals surface area (Å²) in [6.07, 6.45) is -0.0640. The highest BCUT2D eigenvalue weighted by atomic mass is 16.6. The Hall–Kier alpha value is -4.37. The molecule has 0 aliphatic carbocycles. The molecule has 2 fully saturated rings. The summed E-state index contributed by atoms with van der Waals surface area (Å²) >= 11 is 0. The summed E-state index contributed by atoms with van der Waals surface area (Å²) in [6.45, 7) is 2.60. The van der Waals surface area contributed by atoms with Crippen molar-refractivity contribution >= 4 is 23.5 Å². The molecule has 4 unspecified atom stereocenters. The third kappa shape index (κ3) is 3.61. The first-order valence-corrected chi connectivity index (χ1v) is 12.4. The van der Waals surface area contributed by atoms with Crippen molar-refractivity contribution in [2.45, 2.75) is 24.9 Å². The molecule has 0 aromatic heterocycles. The number of phenolic OH excluding ortho intramolecular Hbond substituents is 1. The molecule has 9 nitrogen and oxygen atoms in total. The van der Waals surface area contributed by atoms with E-state index in [1.807, 2.05) is 6.07 Å². The molecule has 194 valence electrons. The molecule has 38 heavy (non-hydrogen) atoms. The number of nitrogens with one attached hydrogen (secondary N) is 1. The number of hydrogen-bond acceptors (Lipinski definition) is 7. The highest BCUT2D eigenvalue weighted by Crippen LogP contribution is 2.52. The van der Waals surface area contributed by atoms with Crippen molar-refractivity contribution in [1.82, 2.24) is 5.32 Å². The van der Waals surface area contributed by atoms with Crippen LogP contribution < -0.4 is 19.7 Å². The minimum absolute atomic E-state index is 0.0439. The average Bonchev–Trinajstić information content (AvgIpc) is 3.39. The van der Waals surface area contributed by atoms with Crippen molar-refractivity contribution in [3.63, 3.8) is 0 Å². The number of benzene rings is 3. The standard InChI is InChI=1S/C29H26N2O7/c1-16-4-2-3-5-20(16)31-26(33)23-24(27(31)34)29(28(35)36,15-17-6-9-19(32)10-7-17)30-25(23)18-8-11-21-22(14-18)38-13-12-37-21/h2-11,14,23-25,30,32H,12-13,15H2,1H3,(H,35,36). The van der Waals surface area contributed by atoms with E-state index in [0.29, 0.717) is 41.5 Å². The Morgan fingerprint density at radius 3 is 2.42 bits per heavy atom. The summed E-state index contributed by atoms with van der Waals surface area (Å²) in [5, 5.41) is 23.6. The van der Waals surface area contributed by atoms with Gasteiger partial charge in [-0.25, -0.2) is 4.90 Å². The van der Waals surface area contributed by atoms with Crippen LogP contribution in [0.5, 0.6) is 17.2 Å². The van der Waals surface area contributed by atoms with Crippen LogP contribution in [0, 0.1) is 18.8 Å². The van der Waals surface area contributed by atoms with Crippen molar-refractivity contribution in [3.05, 3.63) is 83.4 Å². The van der Waals surface area contributed by atoms with E-state index in [0.717, 1.165) is 10.5 Å². The number of carboxylic acid groups (broad SMARTS) is 1. The fourth-order valence-electron chi connectivity index (χ4n) is 5.97. The van der Waals surface area contributed by atoms with Gasteiger partial charge in [0.1, 0.15) is 24.5 Å². The van der Waals surface area contributed by atoms with Gasteiger partial charge in [0.25, 0.3) is 0 Å². The summed E-state index contributed by atoms with van der Waals surface area (Å²) in [5.41, 5.74) is 0.642. The van der Waals surface area contributed by atoms with Gasteiger partial charge in [-0.05, 0) is 53.9 Å². The quantitative estimate of drug-likeness (QED) is 0.444. The predicted molar refractivity (Wildman–Crippen MR) is 136 cm³/mol. The molecule has 6 rings (SSSR count). The maximum absolute atomic E-state index is 14.0. The molecule has 0 bridgehead atoms. The van der Waals surface area contributed by atoms with Gasteiger partial charge in [-0.2, -0.15) is 0 Å². The normalized spacial score (nSPS) is 25.9. The Kier molecular flexibility index (Phi) is 5.61. The molecule has 4 atom stereocenters. The van der Waals surface area contributed by atoms with Gasteiger partial charge in [0.2, 0.25) is 11.8 Å². The summed E-state index contributed by atoms with van der Waals surface area (Å²) in [6, 6.07) is 17.7. The van der Waals surface area contributed by atoms with Gasteiger partial charge in [-0.3, -0.25) is 19.7 Å². The van der Waals surface area contributed by atoms with Crippen molar-refractivity contribution in [2.24, 2.45) is 11.8 Å². The largest absolute Gasteiger partial charge is 0.508 e. The molecule has 0 saturated carbocycles. The number of nitrogens with zero attached hydrogens (tertiary/aromatic N) is 1. The first kappa shape index (κ1) is 24.0. The lowest BCUT2D eigenvalue weighted by molar-refractivity contribution is -0.148.